The fraction of sp³-hybridized carbons (Fsp3) is 0.630. The Labute approximate surface area is 208 Å². The molecular formula is C27H40N4O2S. The van der Waals surface area contributed by atoms with Gasteiger partial charge in [0.25, 0.3) is 5.91 Å². The molecule has 2 amide bonds. The topological polar surface area (TPSA) is 76.3 Å². The van der Waals surface area contributed by atoms with Gasteiger partial charge in [0.05, 0.1) is 5.41 Å². The largest absolute Gasteiger partial charge is 0.352 e. The number of amides is 2. The van der Waals surface area contributed by atoms with Gasteiger partial charge in [-0.25, -0.2) is 4.99 Å². The van der Waals surface area contributed by atoms with Crippen molar-refractivity contribution in [3.8, 4) is 0 Å². The molecule has 2 unspecified atom stereocenters. The summed E-state index contributed by atoms with van der Waals surface area (Å²) < 4.78 is 3.01. The van der Waals surface area contributed by atoms with Crippen molar-refractivity contribution in [2.45, 2.75) is 92.7 Å². The maximum Gasteiger partial charge on any atom is 0.253 e. The SMILES string of the molecule is CCCCc1cn(C(C)(C)C)s/c1=N\C(=O)C1(C)CCC(C(=O)NCc2cccnc2)C1(C)C. The predicted molar refractivity (Wildman–Crippen MR) is 137 cm³/mol. The van der Waals surface area contributed by atoms with Gasteiger partial charge in [-0.05, 0) is 75.0 Å². The van der Waals surface area contributed by atoms with Gasteiger partial charge in [0.15, 0.2) is 0 Å². The van der Waals surface area contributed by atoms with E-state index in [4.69, 9.17) is 4.99 Å². The van der Waals surface area contributed by atoms with Crippen LogP contribution in [0, 0.1) is 16.7 Å². The molecule has 1 saturated carbocycles. The summed E-state index contributed by atoms with van der Waals surface area (Å²) in [7, 11) is 0. The van der Waals surface area contributed by atoms with Crippen LogP contribution in [-0.2, 0) is 28.1 Å². The highest BCUT2D eigenvalue weighted by Gasteiger charge is 2.58. The minimum atomic E-state index is -0.693. The van der Waals surface area contributed by atoms with Crippen LogP contribution in [0.3, 0.4) is 0 Å². The van der Waals surface area contributed by atoms with E-state index in [1.165, 1.54) is 0 Å². The number of carbonyl (C=O) groups is 2. The molecule has 3 rings (SSSR count). The smallest absolute Gasteiger partial charge is 0.253 e. The molecule has 186 valence electrons. The first kappa shape index (κ1) is 26.3. The Morgan fingerprint density at radius 1 is 1.29 bits per heavy atom. The lowest BCUT2D eigenvalue weighted by molar-refractivity contribution is -0.136. The van der Waals surface area contributed by atoms with E-state index in [9.17, 15) is 9.59 Å². The number of hydrogen-bond donors (Lipinski definition) is 1. The molecule has 0 bridgehead atoms. The molecule has 1 aliphatic carbocycles. The van der Waals surface area contributed by atoms with Gasteiger partial charge in [0.2, 0.25) is 5.91 Å². The van der Waals surface area contributed by atoms with Gasteiger partial charge >= 0.3 is 0 Å². The van der Waals surface area contributed by atoms with E-state index in [1.54, 1.807) is 23.9 Å². The third kappa shape index (κ3) is 5.35. The summed E-state index contributed by atoms with van der Waals surface area (Å²) in [6.07, 6.45) is 10.1. The molecule has 0 radical (unpaired) electrons. The highest BCUT2D eigenvalue weighted by atomic mass is 32.1. The Kier molecular flexibility index (Phi) is 7.85. The maximum atomic E-state index is 13.7. The van der Waals surface area contributed by atoms with Gasteiger partial charge in [0, 0.05) is 42.2 Å². The van der Waals surface area contributed by atoms with Crippen LogP contribution in [0.1, 0.15) is 85.3 Å². The van der Waals surface area contributed by atoms with E-state index >= 15 is 0 Å². The number of pyridine rings is 1. The van der Waals surface area contributed by atoms with Crippen LogP contribution in [0.15, 0.2) is 35.7 Å². The third-order valence-corrected chi connectivity index (χ3v) is 8.98. The van der Waals surface area contributed by atoms with Gasteiger partial charge in [-0.1, -0.05) is 40.2 Å². The first-order valence-corrected chi connectivity index (χ1v) is 13.2. The van der Waals surface area contributed by atoms with Crippen LogP contribution in [0.2, 0.25) is 0 Å². The van der Waals surface area contributed by atoms with Crippen LogP contribution >= 0.6 is 11.5 Å². The molecule has 34 heavy (non-hydrogen) atoms. The summed E-state index contributed by atoms with van der Waals surface area (Å²) in [5.74, 6) is -0.354. The lowest BCUT2D eigenvalue weighted by Crippen LogP contribution is -2.45. The van der Waals surface area contributed by atoms with Gasteiger partial charge in [-0.3, -0.25) is 18.5 Å². The molecule has 0 aliphatic heterocycles. The highest BCUT2D eigenvalue weighted by Crippen LogP contribution is 2.56. The van der Waals surface area contributed by atoms with Crippen LogP contribution in [0.5, 0.6) is 0 Å². The Bertz CT molecular complexity index is 1080. The van der Waals surface area contributed by atoms with Crippen LogP contribution in [0.4, 0.5) is 0 Å². The second-order valence-corrected chi connectivity index (χ2v) is 12.3. The van der Waals surface area contributed by atoms with Crippen LogP contribution < -0.4 is 9.99 Å². The minimum Gasteiger partial charge on any atom is -0.352 e. The van der Waals surface area contributed by atoms with E-state index in [0.29, 0.717) is 19.4 Å². The normalized spacial score (nSPS) is 22.7. The van der Waals surface area contributed by atoms with E-state index in [2.05, 4.69) is 48.1 Å². The fourth-order valence-corrected chi connectivity index (χ4v) is 5.74. The molecule has 0 spiro atoms. The quantitative estimate of drug-likeness (QED) is 0.585. The zero-order valence-electron chi connectivity index (χ0n) is 21.8. The Hall–Kier alpha value is -2.28. The summed E-state index contributed by atoms with van der Waals surface area (Å²) in [5.41, 5.74) is 0.844. The number of nitrogens with zero attached hydrogens (tertiary/aromatic N) is 3. The Morgan fingerprint density at radius 3 is 2.65 bits per heavy atom. The lowest BCUT2D eigenvalue weighted by Gasteiger charge is -2.38. The molecule has 6 nitrogen and oxygen atoms in total. The number of aryl methyl sites for hydroxylation is 1. The molecular weight excluding hydrogens is 444 g/mol. The molecule has 2 atom stereocenters. The number of rotatable bonds is 7. The number of carbonyl (C=O) groups excluding carboxylic acids is 2. The fourth-order valence-electron chi connectivity index (χ4n) is 4.71. The molecule has 2 aromatic heterocycles. The highest BCUT2D eigenvalue weighted by molar-refractivity contribution is 7.04. The molecule has 2 heterocycles. The minimum absolute atomic E-state index is 0.00397. The summed E-state index contributed by atoms with van der Waals surface area (Å²) in [6.45, 7) is 15.2. The molecule has 1 aliphatic rings. The van der Waals surface area contributed by atoms with Crippen molar-refractivity contribution in [1.29, 1.82) is 0 Å². The number of aromatic nitrogens is 2. The van der Waals surface area contributed by atoms with Gasteiger partial charge < -0.3 is 5.32 Å². The second kappa shape index (κ2) is 10.1. The summed E-state index contributed by atoms with van der Waals surface area (Å²) in [4.78, 5) is 35.6. The molecule has 1 fully saturated rings. The van der Waals surface area contributed by atoms with Crippen molar-refractivity contribution in [3.05, 3.63) is 46.5 Å². The third-order valence-electron chi connectivity index (χ3n) is 7.60. The average molecular weight is 485 g/mol. The molecule has 2 aromatic rings. The van der Waals surface area contributed by atoms with Gasteiger partial charge in [-0.2, -0.15) is 0 Å². The Balaban J connectivity index is 1.84. The van der Waals surface area contributed by atoms with Crippen molar-refractivity contribution >= 4 is 23.3 Å². The van der Waals surface area contributed by atoms with E-state index in [1.807, 2.05) is 32.9 Å². The zero-order valence-corrected chi connectivity index (χ0v) is 22.6. The first-order chi connectivity index (χ1) is 15.9. The molecule has 0 aromatic carbocycles. The summed E-state index contributed by atoms with van der Waals surface area (Å²) in [6, 6.07) is 3.81. The van der Waals surface area contributed by atoms with Crippen LogP contribution in [-0.4, -0.2) is 20.8 Å². The average Bonchev–Trinajstić information content (AvgIpc) is 3.29. The van der Waals surface area contributed by atoms with Gasteiger partial charge in [-0.15, -0.1) is 0 Å². The van der Waals surface area contributed by atoms with Crippen LogP contribution in [0.25, 0.3) is 0 Å². The van der Waals surface area contributed by atoms with Crippen molar-refractivity contribution in [3.63, 3.8) is 0 Å². The zero-order chi connectivity index (χ0) is 25.1. The first-order valence-electron chi connectivity index (χ1n) is 12.4. The van der Waals surface area contributed by atoms with Crippen molar-refractivity contribution in [2.24, 2.45) is 21.7 Å². The van der Waals surface area contributed by atoms with E-state index < -0.39 is 10.8 Å². The monoisotopic (exact) mass is 484 g/mol. The number of nitrogens with one attached hydrogen (secondary N) is 1. The molecule has 0 saturated heterocycles. The second-order valence-electron chi connectivity index (χ2n) is 11.3. The Morgan fingerprint density at radius 2 is 2.03 bits per heavy atom. The predicted octanol–water partition coefficient (Wildman–Crippen LogP) is 5.23. The van der Waals surface area contributed by atoms with E-state index in [0.717, 1.165) is 35.1 Å². The lowest BCUT2D eigenvalue weighted by atomic mass is 9.65. The number of hydrogen-bond acceptors (Lipinski definition) is 4. The molecule has 7 heteroatoms. The molecule has 1 N–H and O–H groups in total. The van der Waals surface area contributed by atoms with E-state index in [-0.39, 0.29) is 23.3 Å². The van der Waals surface area contributed by atoms with Crippen molar-refractivity contribution in [1.82, 2.24) is 14.3 Å². The standard InChI is InChI=1S/C27H40N4O2S/c1-8-9-12-20-18-31(25(2,3)4)34-23(20)30-24(33)27(7)14-13-21(26(27,5)6)22(32)29-17-19-11-10-15-28-16-19/h10-11,15-16,18,21H,8-9,12-14,17H2,1-7H3,(H,29,32)/b30-23-. The maximum absolute atomic E-state index is 13.7. The summed E-state index contributed by atoms with van der Waals surface area (Å²) >= 11 is 1.56. The van der Waals surface area contributed by atoms with Gasteiger partial charge in [0.1, 0.15) is 4.67 Å². The number of unbranched alkanes of at least 4 members (excludes halogenated alkanes) is 1. The summed E-state index contributed by atoms with van der Waals surface area (Å²) in [5, 5.41) is 3.05. The van der Waals surface area contributed by atoms with Crippen molar-refractivity contribution in [2.75, 3.05) is 0 Å². The van der Waals surface area contributed by atoms with Crippen molar-refractivity contribution < 1.29 is 9.59 Å².